The fourth-order valence-corrected chi connectivity index (χ4v) is 3.51. The first kappa shape index (κ1) is 18.5. The van der Waals surface area contributed by atoms with Crippen molar-refractivity contribution in [3.8, 4) is 0 Å². The van der Waals surface area contributed by atoms with Crippen molar-refractivity contribution in [1.82, 2.24) is 10.2 Å². The Morgan fingerprint density at radius 2 is 1.73 bits per heavy atom. The number of rotatable bonds is 5. The van der Waals surface area contributed by atoms with E-state index in [0.29, 0.717) is 43.3 Å². The zero-order valence-electron chi connectivity index (χ0n) is 14.7. The first-order chi connectivity index (χ1) is 12.3. The summed E-state index contributed by atoms with van der Waals surface area (Å²) in [4.78, 5) is 26.2. The molecule has 0 atom stereocenters. The monoisotopic (exact) mass is 380 g/mol. The van der Waals surface area contributed by atoms with Crippen LogP contribution in [0.25, 0.3) is 0 Å². The van der Waals surface area contributed by atoms with Gasteiger partial charge in [-0.3, -0.25) is 9.52 Å². The van der Waals surface area contributed by atoms with Gasteiger partial charge >= 0.3 is 6.03 Å². The van der Waals surface area contributed by atoms with Gasteiger partial charge in [0.2, 0.25) is 15.9 Å². The van der Waals surface area contributed by atoms with Gasteiger partial charge in [-0.1, -0.05) is 6.07 Å². The van der Waals surface area contributed by atoms with Crippen molar-refractivity contribution >= 4 is 33.3 Å². The van der Waals surface area contributed by atoms with Crippen LogP contribution in [0.1, 0.15) is 25.7 Å². The SMILES string of the molecule is CS(=O)(=O)Nc1cccc(NC(=O)C2CCN(C(=O)NC3CC3)CC2)c1. The van der Waals surface area contributed by atoms with Crippen LogP contribution in [0.15, 0.2) is 24.3 Å². The quantitative estimate of drug-likeness (QED) is 0.721. The summed E-state index contributed by atoms with van der Waals surface area (Å²) in [5, 5.41) is 5.79. The molecule has 2 fully saturated rings. The number of carbonyl (C=O) groups is 2. The number of hydrogen-bond acceptors (Lipinski definition) is 4. The molecule has 142 valence electrons. The van der Waals surface area contributed by atoms with Crippen molar-refractivity contribution in [2.24, 2.45) is 5.92 Å². The van der Waals surface area contributed by atoms with Gasteiger partial charge in [-0.25, -0.2) is 13.2 Å². The average molecular weight is 380 g/mol. The topological polar surface area (TPSA) is 108 Å². The maximum Gasteiger partial charge on any atom is 0.317 e. The van der Waals surface area contributed by atoms with Crippen LogP contribution < -0.4 is 15.4 Å². The highest BCUT2D eigenvalue weighted by molar-refractivity contribution is 7.92. The van der Waals surface area contributed by atoms with Crippen LogP contribution >= 0.6 is 0 Å². The summed E-state index contributed by atoms with van der Waals surface area (Å²) in [6.45, 7) is 1.12. The summed E-state index contributed by atoms with van der Waals surface area (Å²) in [6.07, 6.45) is 4.41. The lowest BCUT2D eigenvalue weighted by Crippen LogP contribution is -2.46. The number of piperidine rings is 1. The van der Waals surface area contributed by atoms with Crippen molar-refractivity contribution < 1.29 is 18.0 Å². The van der Waals surface area contributed by atoms with Gasteiger partial charge < -0.3 is 15.5 Å². The predicted molar refractivity (Wildman–Crippen MR) is 99.4 cm³/mol. The van der Waals surface area contributed by atoms with E-state index in [4.69, 9.17) is 0 Å². The molecular formula is C17H24N4O4S. The fraction of sp³-hybridized carbons (Fsp3) is 0.529. The lowest BCUT2D eigenvalue weighted by molar-refractivity contribution is -0.121. The van der Waals surface area contributed by atoms with Crippen LogP contribution in [-0.2, 0) is 14.8 Å². The number of nitrogens with one attached hydrogen (secondary N) is 3. The van der Waals surface area contributed by atoms with Gasteiger partial charge in [0, 0.05) is 30.7 Å². The molecule has 1 saturated heterocycles. The number of benzene rings is 1. The van der Waals surface area contributed by atoms with Gasteiger partial charge in [-0.05, 0) is 43.9 Å². The Hall–Kier alpha value is -2.29. The molecule has 1 aliphatic carbocycles. The highest BCUT2D eigenvalue weighted by Gasteiger charge is 2.30. The smallest absolute Gasteiger partial charge is 0.317 e. The number of anilines is 2. The average Bonchev–Trinajstić information content (AvgIpc) is 3.37. The fourth-order valence-electron chi connectivity index (χ4n) is 2.96. The summed E-state index contributed by atoms with van der Waals surface area (Å²) < 4.78 is 25.0. The number of hydrogen-bond donors (Lipinski definition) is 3. The molecule has 0 spiro atoms. The molecule has 8 nitrogen and oxygen atoms in total. The Labute approximate surface area is 153 Å². The lowest BCUT2D eigenvalue weighted by atomic mass is 9.96. The van der Waals surface area contributed by atoms with Crippen molar-refractivity contribution in [3.05, 3.63) is 24.3 Å². The first-order valence-corrected chi connectivity index (χ1v) is 10.6. The number of carbonyl (C=O) groups excluding carboxylic acids is 2. The minimum atomic E-state index is -3.37. The molecule has 1 heterocycles. The minimum absolute atomic E-state index is 0.0362. The molecule has 1 saturated carbocycles. The van der Waals surface area contributed by atoms with Crippen molar-refractivity contribution in [2.75, 3.05) is 29.4 Å². The van der Waals surface area contributed by atoms with E-state index in [2.05, 4.69) is 15.4 Å². The second kappa shape index (κ2) is 7.53. The van der Waals surface area contributed by atoms with Crippen molar-refractivity contribution in [1.29, 1.82) is 0 Å². The maximum absolute atomic E-state index is 12.5. The largest absolute Gasteiger partial charge is 0.335 e. The predicted octanol–water partition coefficient (Wildman–Crippen LogP) is 1.58. The zero-order valence-corrected chi connectivity index (χ0v) is 15.5. The number of sulfonamides is 1. The third-order valence-electron chi connectivity index (χ3n) is 4.49. The maximum atomic E-state index is 12.5. The van der Waals surface area contributed by atoms with Gasteiger partial charge in [-0.15, -0.1) is 0 Å². The molecule has 1 aromatic rings. The molecule has 26 heavy (non-hydrogen) atoms. The van der Waals surface area contributed by atoms with Crippen LogP contribution in [0, 0.1) is 5.92 Å². The lowest BCUT2D eigenvalue weighted by Gasteiger charge is -2.31. The van der Waals surface area contributed by atoms with Crippen molar-refractivity contribution in [3.63, 3.8) is 0 Å². The van der Waals surface area contributed by atoms with E-state index >= 15 is 0 Å². The van der Waals surface area contributed by atoms with E-state index in [-0.39, 0.29) is 17.9 Å². The summed E-state index contributed by atoms with van der Waals surface area (Å²) >= 11 is 0. The van der Waals surface area contributed by atoms with Crippen LogP contribution in [0.3, 0.4) is 0 Å². The van der Waals surface area contributed by atoms with E-state index in [9.17, 15) is 18.0 Å². The van der Waals surface area contributed by atoms with E-state index in [1.54, 1.807) is 29.2 Å². The second-order valence-corrected chi connectivity index (χ2v) is 8.68. The number of amides is 3. The molecular weight excluding hydrogens is 356 g/mol. The highest BCUT2D eigenvalue weighted by Crippen LogP contribution is 2.23. The van der Waals surface area contributed by atoms with Gasteiger partial charge in [-0.2, -0.15) is 0 Å². The van der Waals surface area contributed by atoms with E-state index < -0.39 is 10.0 Å². The molecule has 1 aromatic carbocycles. The standard InChI is InChI=1S/C17H24N4O4S/c1-26(24,25)20-15-4-2-3-14(11-15)18-16(22)12-7-9-21(10-8-12)17(23)19-13-5-6-13/h2-4,11-13,20H,5-10H2,1H3,(H,18,22)(H,19,23). The van der Waals surface area contributed by atoms with Gasteiger partial charge in [0.1, 0.15) is 0 Å². The Kier molecular flexibility index (Phi) is 5.36. The highest BCUT2D eigenvalue weighted by atomic mass is 32.2. The number of likely N-dealkylation sites (tertiary alicyclic amines) is 1. The Morgan fingerprint density at radius 3 is 2.35 bits per heavy atom. The van der Waals surface area contributed by atoms with Gasteiger partial charge in [0.25, 0.3) is 0 Å². The van der Waals surface area contributed by atoms with Crippen LogP contribution in [-0.4, -0.2) is 50.6 Å². The normalized spacial score (nSPS) is 18.3. The molecule has 3 N–H and O–H groups in total. The molecule has 0 unspecified atom stereocenters. The minimum Gasteiger partial charge on any atom is -0.335 e. The Bertz CT molecular complexity index is 784. The van der Waals surface area contributed by atoms with E-state index in [1.807, 2.05) is 0 Å². The second-order valence-electron chi connectivity index (χ2n) is 6.93. The molecule has 0 bridgehead atoms. The van der Waals surface area contributed by atoms with E-state index in [1.165, 1.54) is 0 Å². The summed E-state index contributed by atoms with van der Waals surface area (Å²) in [6, 6.07) is 6.88. The molecule has 3 rings (SSSR count). The summed E-state index contributed by atoms with van der Waals surface area (Å²) in [7, 11) is -3.37. The molecule has 2 aliphatic rings. The van der Waals surface area contributed by atoms with Crippen LogP contribution in [0.4, 0.5) is 16.2 Å². The molecule has 0 aromatic heterocycles. The Morgan fingerprint density at radius 1 is 1.08 bits per heavy atom. The van der Waals surface area contributed by atoms with Gasteiger partial charge in [0.15, 0.2) is 0 Å². The molecule has 3 amide bonds. The third kappa shape index (κ3) is 5.35. The molecule has 0 radical (unpaired) electrons. The summed E-state index contributed by atoms with van der Waals surface area (Å²) in [5.74, 6) is -0.268. The molecule has 1 aliphatic heterocycles. The Balaban J connectivity index is 1.51. The number of urea groups is 1. The molecule has 9 heteroatoms. The zero-order chi connectivity index (χ0) is 18.7. The van der Waals surface area contributed by atoms with Crippen LogP contribution in [0.2, 0.25) is 0 Å². The van der Waals surface area contributed by atoms with E-state index in [0.717, 1.165) is 19.1 Å². The first-order valence-electron chi connectivity index (χ1n) is 8.74. The van der Waals surface area contributed by atoms with Crippen LogP contribution in [0.5, 0.6) is 0 Å². The third-order valence-corrected chi connectivity index (χ3v) is 5.10. The summed E-state index contributed by atoms with van der Waals surface area (Å²) in [5.41, 5.74) is 0.939. The van der Waals surface area contributed by atoms with Gasteiger partial charge in [0.05, 0.1) is 11.9 Å². The number of nitrogens with zero attached hydrogens (tertiary/aromatic N) is 1. The van der Waals surface area contributed by atoms with Crippen molar-refractivity contribution in [2.45, 2.75) is 31.7 Å².